The van der Waals surface area contributed by atoms with Gasteiger partial charge in [0, 0.05) is 11.6 Å². The van der Waals surface area contributed by atoms with E-state index in [0.29, 0.717) is 12.3 Å². The van der Waals surface area contributed by atoms with E-state index in [2.05, 4.69) is 4.98 Å². The van der Waals surface area contributed by atoms with Crippen LogP contribution in [0.15, 0.2) is 18.3 Å². The first-order chi connectivity index (χ1) is 8.95. The predicted molar refractivity (Wildman–Crippen MR) is 57.4 cm³/mol. The van der Waals surface area contributed by atoms with Crippen molar-refractivity contribution in [3.05, 3.63) is 53.1 Å². The molecule has 2 aromatic rings. The van der Waals surface area contributed by atoms with Gasteiger partial charge in [-0.2, -0.15) is 0 Å². The molecular formula is C13H4F5N. The lowest BCUT2D eigenvalue weighted by molar-refractivity contribution is 0.495. The number of hydrogen-bond donors (Lipinski definition) is 0. The van der Waals surface area contributed by atoms with Crippen molar-refractivity contribution in [2.45, 2.75) is 0 Å². The zero-order valence-electron chi connectivity index (χ0n) is 9.15. The second-order valence-electron chi connectivity index (χ2n) is 3.54. The molecule has 1 heterocycles. The summed E-state index contributed by atoms with van der Waals surface area (Å²) in [7, 11) is 0. The Morgan fingerprint density at radius 3 is 2.26 bits per heavy atom. The Balaban J connectivity index is 2.83. The maximum absolute atomic E-state index is 13.8. The normalized spacial score (nSPS) is 10.3. The highest BCUT2D eigenvalue weighted by molar-refractivity contribution is 5.67. The molecule has 0 aliphatic rings. The highest BCUT2D eigenvalue weighted by Gasteiger charge is 2.22. The van der Waals surface area contributed by atoms with E-state index in [0.717, 1.165) is 0 Å². The largest absolute Gasteiger partial charge is 0.242 e. The first-order valence-electron chi connectivity index (χ1n) is 4.91. The molecule has 0 saturated carbocycles. The fourth-order valence-electron chi connectivity index (χ4n) is 1.55. The number of pyridine rings is 1. The molecule has 0 saturated heterocycles. The van der Waals surface area contributed by atoms with Gasteiger partial charge in [-0.05, 0) is 12.0 Å². The molecule has 0 unspecified atom stereocenters. The lowest BCUT2D eigenvalue weighted by Crippen LogP contribution is -2.01. The quantitative estimate of drug-likeness (QED) is 0.439. The monoisotopic (exact) mass is 269 g/mol. The summed E-state index contributed by atoms with van der Waals surface area (Å²) in [5.41, 5.74) is -2.44. The summed E-state index contributed by atoms with van der Waals surface area (Å²) in [4.78, 5) is 3.26. The van der Waals surface area contributed by atoms with Crippen LogP contribution in [0.3, 0.4) is 0 Å². The Kier molecular flexibility index (Phi) is 3.21. The van der Waals surface area contributed by atoms with Gasteiger partial charge in [-0.1, -0.05) is 0 Å². The molecule has 0 bridgehead atoms. The van der Waals surface area contributed by atoms with E-state index >= 15 is 0 Å². The standard InChI is InChI=1S/C13H4F5N/c1-2-10-13(18)11(9(16)5-19-10)7-3-6(14)4-8(15)12(7)17/h1,3-5H. The van der Waals surface area contributed by atoms with Gasteiger partial charge < -0.3 is 0 Å². The van der Waals surface area contributed by atoms with E-state index < -0.39 is 45.9 Å². The van der Waals surface area contributed by atoms with Gasteiger partial charge in [0.2, 0.25) is 0 Å². The fraction of sp³-hybridized carbons (Fsp3) is 0. The third-order valence-electron chi connectivity index (χ3n) is 2.37. The second kappa shape index (κ2) is 4.69. The van der Waals surface area contributed by atoms with Crippen LogP contribution in [0.4, 0.5) is 22.0 Å². The summed E-state index contributed by atoms with van der Waals surface area (Å²) in [5, 5.41) is 0. The molecule has 0 aliphatic carbocycles. The maximum atomic E-state index is 13.8. The lowest BCUT2D eigenvalue weighted by atomic mass is 10.0. The molecule has 0 amide bonds. The Hall–Kier alpha value is -2.42. The topological polar surface area (TPSA) is 12.9 Å². The van der Waals surface area contributed by atoms with Crippen molar-refractivity contribution >= 4 is 0 Å². The molecule has 0 fully saturated rings. The van der Waals surface area contributed by atoms with Crippen molar-refractivity contribution in [1.29, 1.82) is 0 Å². The van der Waals surface area contributed by atoms with Crippen molar-refractivity contribution in [3.8, 4) is 23.5 Å². The summed E-state index contributed by atoms with van der Waals surface area (Å²) in [6, 6.07) is 0.734. The van der Waals surface area contributed by atoms with Crippen LogP contribution in [0, 0.1) is 41.4 Å². The van der Waals surface area contributed by atoms with Gasteiger partial charge in [0.1, 0.15) is 11.5 Å². The number of rotatable bonds is 1. The van der Waals surface area contributed by atoms with Crippen LogP contribution in [-0.4, -0.2) is 4.98 Å². The van der Waals surface area contributed by atoms with Crippen LogP contribution in [-0.2, 0) is 0 Å². The highest BCUT2D eigenvalue weighted by Crippen LogP contribution is 2.30. The molecule has 0 N–H and O–H groups in total. The molecule has 1 aromatic carbocycles. The summed E-state index contributed by atoms with van der Waals surface area (Å²) >= 11 is 0. The van der Waals surface area contributed by atoms with Crippen molar-refractivity contribution in [1.82, 2.24) is 4.98 Å². The average Bonchev–Trinajstić information content (AvgIpc) is 2.35. The summed E-state index contributed by atoms with van der Waals surface area (Å²) < 4.78 is 66.9. The average molecular weight is 269 g/mol. The number of halogens is 5. The molecule has 0 spiro atoms. The van der Waals surface area contributed by atoms with Gasteiger partial charge in [0.25, 0.3) is 0 Å². The molecule has 1 nitrogen and oxygen atoms in total. The smallest absolute Gasteiger partial charge is 0.168 e. The van der Waals surface area contributed by atoms with Crippen LogP contribution in [0.1, 0.15) is 5.69 Å². The van der Waals surface area contributed by atoms with Gasteiger partial charge in [0.05, 0.1) is 11.8 Å². The van der Waals surface area contributed by atoms with Gasteiger partial charge >= 0.3 is 0 Å². The zero-order valence-corrected chi connectivity index (χ0v) is 9.15. The second-order valence-corrected chi connectivity index (χ2v) is 3.54. The van der Waals surface area contributed by atoms with Crippen molar-refractivity contribution in [3.63, 3.8) is 0 Å². The Morgan fingerprint density at radius 1 is 0.947 bits per heavy atom. The third kappa shape index (κ3) is 2.15. The van der Waals surface area contributed by atoms with E-state index in [1.807, 2.05) is 5.92 Å². The minimum absolute atomic E-state index is 0.262. The van der Waals surface area contributed by atoms with E-state index in [9.17, 15) is 22.0 Å². The zero-order chi connectivity index (χ0) is 14.2. The molecule has 19 heavy (non-hydrogen) atoms. The van der Waals surface area contributed by atoms with Crippen LogP contribution in [0.5, 0.6) is 0 Å². The summed E-state index contributed by atoms with van der Waals surface area (Å²) in [6.45, 7) is 0. The number of benzene rings is 1. The van der Waals surface area contributed by atoms with Crippen molar-refractivity contribution < 1.29 is 22.0 Å². The Bertz CT molecular complexity index is 703. The molecule has 0 atom stereocenters. The first-order valence-corrected chi connectivity index (χ1v) is 4.91. The SMILES string of the molecule is C#Cc1ncc(F)c(-c2cc(F)cc(F)c2F)c1F. The van der Waals surface area contributed by atoms with Crippen LogP contribution in [0.2, 0.25) is 0 Å². The lowest BCUT2D eigenvalue weighted by Gasteiger charge is -2.08. The van der Waals surface area contributed by atoms with Gasteiger partial charge in [-0.15, -0.1) is 6.42 Å². The maximum Gasteiger partial charge on any atom is 0.168 e. The number of hydrogen-bond acceptors (Lipinski definition) is 1. The van der Waals surface area contributed by atoms with Crippen molar-refractivity contribution in [2.24, 2.45) is 0 Å². The fourth-order valence-corrected chi connectivity index (χ4v) is 1.55. The summed E-state index contributed by atoms with van der Waals surface area (Å²) in [5.74, 6) is -5.13. The van der Waals surface area contributed by atoms with Gasteiger partial charge in [-0.3, -0.25) is 0 Å². The molecule has 0 radical (unpaired) electrons. The summed E-state index contributed by atoms with van der Waals surface area (Å²) in [6.07, 6.45) is 5.48. The van der Waals surface area contributed by atoms with E-state index in [-0.39, 0.29) is 6.07 Å². The van der Waals surface area contributed by atoms with E-state index in [4.69, 9.17) is 6.42 Å². The predicted octanol–water partition coefficient (Wildman–Crippen LogP) is 3.43. The Morgan fingerprint density at radius 2 is 1.63 bits per heavy atom. The van der Waals surface area contributed by atoms with Crippen LogP contribution in [0.25, 0.3) is 11.1 Å². The first kappa shape index (κ1) is 13.0. The van der Waals surface area contributed by atoms with Crippen LogP contribution < -0.4 is 0 Å². The molecular weight excluding hydrogens is 265 g/mol. The Labute approximate surface area is 104 Å². The molecule has 2 rings (SSSR count). The van der Waals surface area contributed by atoms with Crippen molar-refractivity contribution in [2.75, 3.05) is 0 Å². The minimum atomic E-state index is -1.58. The highest BCUT2D eigenvalue weighted by atomic mass is 19.2. The molecule has 6 heteroatoms. The van der Waals surface area contributed by atoms with Crippen LogP contribution >= 0.6 is 0 Å². The van der Waals surface area contributed by atoms with E-state index in [1.165, 1.54) is 0 Å². The molecule has 96 valence electrons. The van der Waals surface area contributed by atoms with Gasteiger partial charge in [0.15, 0.2) is 23.3 Å². The minimum Gasteiger partial charge on any atom is -0.242 e. The molecule has 0 aliphatic heterocycles. The third-order valence-corrected chi connectivity index (χ3v) is 2.37. The molecule has 1 aromatic heterocycles. The number of terminal acetylenes is 1. The number of aromatic nitrogens is 1. The number of nitrogens with zero attached hydrogens (tertiary/aromatic N) is 1. The van der Waals surface area contributed by atoms with Gasteiger partial charge in [-0.25, -0.2) is 26.9 Å². The van der Waals surface area contributed by atoms with E-state index in [1.54, 1.807) is 0 Å².